The van der Waals surface area contributed by atoms with Gasteiger partial charge in [-0.1, -0.05) is 108 Å². The van der Waals surface area contributed by atoms with Crippen LogP contribution in [-0.4, -0.2) is 115 Å². The summed E-state index contributed by atoms with van der Waals surface area (Å²) in [6.45, 7) is 50.4. The second-order valence-electron chi connectivity index (χ2n) is 35.2. The molecule has 0 bridgehead atoms. The molecule has 4 aliphatic rings. The number of ketones is 1. The number of aromatic hydroxyl groups is 2. The van der Waals surface area contributed by atoms with Gasteiger partial charge in [0.1, 0.15) is 12.2 Å². The molecule has 5 aromatic carbocycles. The molecule has 4 saturated carbocycles. The van der Waals surface area contributed by atoms with Gasteiger partial charge in [0.2, 0.25) is 22.7 Å². The Balaban J connectivity index is -0.000000450. The van der Waals surface area contributed by atoms with Gasteiger partial charge in [0.25, 0.3) is 27.5 Å². The molecule has 0 spiro atoms. The van der Waals surface area contributed by atoms with Crippen molar-refractivity contribution >= 4 is 70.1 Å². The van der Waals surface area contributed by atoms with Crippen molar-refractivity contribution in [2.45, 2.75) is 303 Å². The molecule has 12 rings (SSSR count). The van der Waals surface area contributed by atoms with E-state index < -0.39 is 61.4 Å². The van der Waals surface area contributed by atoms with Gasteiger partial charge in [-0.2, -0.15) is 0 Å². The standard InChI is InChI=1S/2C16H24N2O.2C12H14N2O4.C10H16N2.C8H14N2O.C6H10O3.2C5H10.C4H12N2.4CH3.ClH.2Fe/c2*1-3-18(4-2)15-11-7-10-14(12-15)17-16(19)13-8-5-6-9-13;2*1-5-6(7-8(15)10(17)9(7)16)11(18)14(13-5)12(2,3)4;1-3-12(4-2)10-7-5-6-9(11)8-10;1-6-5-7(11)10(9-6)8(2,3)4;1-3-9-6(8)4-5(2)7;2*1-2-4-5-3-1;1-4(2,3)6-5;;;;;;;/h2*7,10-13H,3-6,8-9H2,1-2H3,(H,17,19);2*13,15H,1-4H3;5-8H,3-4,11H2,1-2H3;5,9H,1-4H3;3-4H2,1-2H3;2*1-5H2;6H,5H2,1-3H3;4*1H3;1H;;/q;;;;;;;;;;4*-1;;2*+2. The Kier molecular flexibility index (Phi) is 62.1. The van der Waals surface area contributed by atoms with E-state index in [9.17, 15) is 63.0 Å². The van der Waals surface area contributed by atoms with Crippen LogP contribution in [0.15, 0.2) is 112 Å². The summed E-state index contributed by atoms with van der Waals surface area (Å²) in [5.41, 5.74) is 10.8. The number of hydrogen-bond acceptors (Lipinski definition) is 20. The van der Waals surface area contributed by atoms with Crippen LogP contribution in [0.2, 0.25) is 0 Å². The van der Waals surface area contributed by atoms with Crippen molar-refractivity contribution in [3.63, 3.8) is 0 Å². The molecule has 0 aliphatic heterocycles. The Morgan fingerprint density at radius 1 is 0.450 bits per heavy atom. The summed E-state index contributed by atoms with van der Waals surface area (Å²) in [5, 5.41) is 33.6. The molecular weight excluding hydrogens is 1740 g/mol. The number of halogens is 1. The summed E-state index contributed by atoms with van der Waals surface area (Å²) >= 11 is 0. The molecule has 0 radical (unpaired) electrons. The number of aromatic amines is 3. The molecule has 3 aromatic heterocycles. The number of rotatable bonds is 18. The minimum Gasteiger partial charge on any atom is -0.503 e. The van der Waals surface area contributed by atoms with Crippen molar-refractivity contribution in [1.29, 1.82) is 0 Å². The third-order valence-electron chi connectivity index (χ3n) is 20.8. The number of Topliss-reactive ketones (excluding diaryl/α,β-unsaturated/α-hetero) is 1. The van der Waals surface area contributed by atoms with Gasteiger partial charge in [0.05, 0.1) is 45.5 Å². The third-order valence-corrected chi connectivity index (χ3v) is 20.8. The van der Waals surface area contributed by atoms with Gasteiger partial charge in [-0.3, -0.25) is 79.3 Å². The topological polar surface area (TPSA) is 397 Å². The molecule has 0 atom stereocenters. The molecule has 129 heavy (non-hydrogen) atoms. The minimum atomic E-state index is -0.938. The van der Waals surface area contributed by atoms with E-state index in [0.29, 0.717) is 18.0 Å². The molecule has 31 heteroatoms. The first-order valence-corrected chi connectivity index (χ1v) is 43.8. The molecule has 4 aliphatic carbocycles. The van der Waals surface area contributed by atoms with E-state index in [0.717, 1.165) is 87.7 Å². The molecule has 12 N–H and O–H groups in total. The van der Waals surface area contributed by atoms with Crippen molar-refractivity contribution in [3.8, 4) is 33.8 Å². The van der Waals surface area contributed by atoms with Crippen LogP contribution in [-0.2, 0) is 74.7 Å². The molecule has 0 saturated heterocycles. The first kappa shape index (κ1) is 128. The van der Waals surface area contributed by atoms with Gasteiger partial charge < -0.3 is 75.7 Å². The van der Waals surface area contributed by atoms with Crippen LogP contribution in [0.4, 0.5) is 34.1 Å². The Hall–Kier alpha value is -9.02. The number of carbonyl (C=O) groups is 4. The van der Waals surface area contributed by atoms with Gasteiger partial charge in [-0.05, 0) is 240 Å². The number of H-pyrrole nitrogens is 3. The molecule has 730 valence electrons. The summed E-state index contributed by atoms with van der Waals surface area (Å²) in [5.74, 6) is 4.02. The predicted octanol–water partition coefficient (Wildman–Crippen LogP) is 18.0. The zero-order valence-corrected chi connectivity index (χ0v) is 85.8. The molecule has 0 unspecified atom stereocenters. The van der Waals surface area contributed by atoms with Crippen molar-refractivity contribution in [2.24, 2.45) is 17.7 Å². The number of nitrogens with zero attached hydrogens (tertiary/aromatic N) is 6. The number of aromatic nitrogens is 6. The molecular formula is C98H161ClFe2N14O14. The number of nitrogens with one attached hydrogen (secondary N) is 6. The number of amides is 2. The average Bonchev–Trinajstić information content (AvgIpc) is 1.68. The molecule has 28 nitrogen and oxygen atoms in total. The first-order chi connectivity index (χ1) is 57.2. The summed E-state index contributed by atoms with van der Waals surface area (Å²) in [6.07, 6.45) is 23.8. The van der Waals surface area contributed by atoms with Crippen LogP contribution in [0.25, 0.3) is 22.3 Å². The molecule has 2 amide bonds. The molecule has 8 aromatic rings. The number of aryl methyl sites for hydroxylation is 3. The zero-order chi connectivity index (χ0) is 92.2. The number of anilines is 6. The maximum Gasteiger partial charge on any atom is 2.00 e. The van der Waals surface area contributed by atoms with E-state index in [4.69, 9.17) is 11.6 Å². The predicted molar refractivity (Wildman–Crippen MR) is 532 cm³/mol. The van der Waals surface area contributed by atoms with Crippen molar-refractivity contribution in [2.75, 3.05) is 76.9 Å². The van der Waals surface area contributed by atoms with Crippen LogP contribution < -0.4 is 80.7 Å². The Labute approximate surface area is 797 Å². The maximum absolute atomic E-state index is 12.2. The smallest absolute Gasteiger partial charge is 0.503 e. The number of hydrazine groups is 1. The van der Waals surface area contributed by atoms with E-state index in [1.165, 1.54) is 123 Å². The second kappa shape index (κ2) is 62.3. The van der Waals surface area contributed by atoms with Crippen LogP contribution in [0.1, 0.15) is 278 Å². The van der Waals surface area contributed by atoms with Gasteiger partial charge in [0, 0.05) is 114 Å². The fourth-order valence-electron chi connectivity index (χ4n) is 14.0. The first-order valence-electron chi connectivity index (χ1n) is 43.8. The largest absolute Gasteiger partial charge is 2.00 e. The minimum absolute atomic E-state index is 0. The van der Waals surface area contributed by atoms with E-state index in [-0.39, 0.29) is 151 Å². The number of esters is 1. The van der Waals surface area contributed by atoms with Gasteiger partial charge in [0.15, 0.2) is 11.5 Å². The van der Waals surface area contributed by atoms with E-state index in [2.05, 4.69) is 123 Å². The number of benzene rings is 3. The Morgan fingerprint density at radius 3 is 0.969 bits per heavy atom. The summed E-state index contributed by atoms with van der Waals surface area (Å²) in [6, 6.07) is 25.9. The quantitative estimate of drug-likeness (QED) is 0.00557. The third kappa shape index (κ3) is 42.0. The van der Waals surface area contributed by atoms with Crippen LogP contribution in [0.3, 0.4) is 0 Å². The van der Waals surface area contributed by atoms with Gasteiger partial charge in [-0.25, -0.2) is 14.0 Å². The Bertz CT molecular complexity index is 4650. The number of hydrogen-bond donors (Lipinski definition) is 10. The van der Waals surface area contributed by atoms with Gasteiger partial charge >= 0.3 is 40.1 Å². The van der Waals surface area contributed by atoms with Crippen LogP contribution >= 0.6 is 12.4 Å². The van der Waals surface area contributed by atoms with Crippen molar-refractivity contribution in [3.05, 3.63) is 198 Å². The van der Waals surface area contributed by atoms with Gasteiger partial charge in [-0.15, -0.1) is 12.4 Å². The average molecular weight is 1910 g/mol. The van der Waals surface area contributed by atoms with E-state index in [1.54, 1.807) is 31.5 Å². The number of ether oxygens (including phenoxy) is 1. The second-order valence-corrected chi connectivity index (χ2v) is 35.2. The monoisotopic (exact) mass is 1910 g/mol. The summed E-state index contributed by atoms with van der Waals surface area (Å²) in [7, 11) is 0. The zero-order valence-electron chi connectivity index (χ0n) is 82.8. The fraction of sp³-hybridized carbons (Fsp3) is 0.561. The van der Waals surface area contributed by atoms with Crippen LogP contribution in [0.5, 0.6) is 11.5 Å². The number of nitrogen functional groups attached to an aromatic ring is 1. The normalized spacial score (nSPS) is 12.9. The molecule has 3 heterocycles. The Morgan fingerprint density at radius 2 is 0.744 bits per heavy atom. The van der Waals surface area contributed by atoms with E-state index in [1.807, 2.05) is 132 Å². The van der Waals surface area contributed by atoms with Crippen molar-refractivity contribution < 1.29 is 68.3 Å². The maximum atomic E-state index is 12.2. The SMILES string of the molecule is C1CCCC1.C1CCCC1.CC(C)(C)NN.CCN(CC)c1cccc(N)c1.CCN(CC)c1cccc(NC(=O)C2CCCC2)c1.CCN(CC)c1cccc(NC(=O)C2CCCC2)c1.CCOC(=O)CC(C)=O.Cc1[nH]n(C(C)(C)C)c(=O)c1-c1c(O)c(=O)c1=O.Cc1[nH]n(C(C)(C)C)c(=O)c1-c1c(O)c(=O)c1=O.Cc1cc(=O)n(C(C)(C)C)[nH]1.Cl.[CH3-].[CH3-].[CH3-].[CH3-].[Fe+2].[Fe+2]. The van der Waals surface area contributed by atoms with Crippen molar-refractivity contribution in [1.82, 2.24) is 34.8 Å². The van der Waals surface area contributed by atoms with Crippen LogP contribution in [0, 0.1) is 62.3 Å². The number of carbonyl (C=O) groups excluding carboxylic acids is 4. The van der Waals surface area contributed by atoms with E-state index >= 15 is 0 Å². The fourth-order valence-corrected chi connectivity index (χ4v) is 14.0. The number of nitrogens with two attached hydrogens (primary N) is 2. The molecule has 4 fully saturated rings. The summed E-state index contributed by atoms with van der Waals surface area (Å²) in [4.78, 5) is 132. The summed E-state index contributed by atoms with van der Waals surface area (Å²) < 4.78 is 8.86.